The van der Waals surface area contributed by atoms with Gasteiger partial charge in [0, 0.05) is 11.3 Å². The van der Waals surface area contributed by atoms with E-state index in [1.54, 1.807) is 36.4 Å². The van der Waals surface area contributed by atoms with Crippen LogP contribution in [0.4, 0.5) is 11.4 Å². The van der Waals surface area contributed by atoms with E-state index in [1.165, 1.54) is 22.5 Å². The number of carbonyl (C=O) groups excluding carboxylic acids is 1. The number of hydrogen-bond acceptors (Lipinski definition) is 3. The summed E-state index contributed by atoms with van der Waals surface area (Å²) in [5.41, 5.74) is 3.52. The number of benzene rings is 3. The molecule has 0 atom stereocenters. The maximum absolute atomic E-state index is 13.3. The average molecular weight is 421 g/mol. The maximum atomic E-state index is 13.3. The Bertz CT molecular complexity index is 1170. The maximum Gasteiger partial charge on any atom is 0.264 e. The lowest BCUT2D eigenvalue weighted by Crippen LogP contribution is -2.31. The van der Waals surface area contributed by atoms with Crippen molar-refractivity contribution in [2.24, 2.45) is 0 Å². The molecule has 3 rings (SSSR count). The zero-order chi connectivity index (χ0) is 21.7. The molecular formula is C24H24N2O3S. The van der Waals surface area contributed by atoms with E-state index >= 15 is 0 Å². The van der Waals surface area contributed by atoms with Gasteiger partial charge in [0.1, 0.15) is 0 Å². The molecule has 6 heteroatoms. The monoisotopic (exact) mass is 420 g/mol. The number of hydrogen-bond donors (Lipinski definition) is 1. The molecule has 1 N–H and O–H groups in total. The third kappa shape index (κ3) is 4.60. The summed E-state index contributed by atoms with van der Waals surface area (Å²) >= 11 is 0. The molecule has 1 amide bonds. The van der Waals surface area contributed by atoms with Crippen molar-refractivity contribution in [3.63, 3.8) is 0 Å². The van der Waals surface area contributed by atoms with Crippen LogP contribution >= 0.6 is 0 Å². The molecule has 0 aliphatic carbocycles. The Balaban J connectivity index is 1.93. The minimum Gasteiger partial charge on any atom is -0.322 e. The number of aryl methyl sites for hydroxylation is 2. The van der Waals surface area contributed by atoms with Gasteiger partial charge in [-0.25, -0.2) is 8.42 Å². The lowest BCUT2D eigenvalue weighted by atomic mass is 10.1. The lowest BCUT2D eigenvalue weighted by Gasteiger charge is -2.23. The summed E-state index contributed by atoms with van der Waals surface area (Å²) in [6, 6.07) is 20.6. The summed E-state index contributed by atoms with van der Waals surface area (Å²) in [6.45, 7) is 7.68. The molecule has 30 heavy (non-hydrogen) atoms. The molecule has 154 valence electrons. The van der Waals surface area contributed by atoms with E-state index in [1.807, 2.05) is 38.1 Å². The molecule has 0 aliphatic rings. The number of para-hydroxylation sites is 1. The molecule has 3 aromatic rings. The van der Waals surface area contributed by atoms with Gasteiger partial charge in [-0.3, -0.25) is 9.10 Å². The van der Waals surface area contributed by atoms with Gasteiger partial charge in [-0.05, 0) is 55.8 Å². The van der Waals surface area contributed by atoms with Crippen LogP contribution in [0.25, 0.3) is 0 Å². The minimum atomic E-state index is -3.88. The summed E-state index contributed by atoms with van der Waals surface area (Å²) in [7, 11) is -3.88. The van der Waals surface area contributed by atoms with E-state index in [-0.39, 0.29) is 22.9 Å². The predicted octanol–water partition coefficient (Wildman–Crippen LogP) is 4.94. The minimum absolute atomic E-state index is 0.0430. The van der Waals surface area contributed by atoms with E-state index in [0.29, 0.717) is 11.4 Å². The summed E-state index contributed by atoms with van der Waals surface area (Å²) in [4.78, 5) is 12.8. The normalized spacial score (nSPS) is 11.0. The van der Waals surface area contributed by atoms with Crippen LogP contribution in [-0.4, -0.2) is 20.9 Å². The Morgan fingerprint density at radius 3 is 2.40 bits per heavy atom. The van der Waals surface area contributed by atoms with E-state index < -0.39 is 10.0 Å². The second kappa shape index (κ2) is 8.97. The molecule has 0 unspecified atom stereocenters. The number of amides is 1. The van der Waals surface area contributed by atoms with Crippen molar-refractivity contribution in [3.05, 3.63) is 102 Å². The Kier molecular flexibility index (Phi) is 6.37. The van der Waals surface area contributed by atoms with Gasteiger partial charge in [0.05, 0.1) is 17.1 Å². The van der Waals surface area contributed by atoms with Gasteiger partial charge < -0.3 is 5.32 Å². The zero-order valence-corrected chi connectivity index (χ0v) is 17.8. The fourth-order valence-corrected chi connectivity index (χ4v) is 4.61. The smallest absolute Gasteiger partial charge is 0.264 e. The highest BCUT2D eigenvalue weighted by Crippen LogP contribution is 2.24. The molecule has 0 aliphatic heterocycles. The highest BCUT2D eigenvalue weighted by Gasteiger charge is 2.25. The Morgan fingerprint density at radius 1 is 1.00 bits per heavy atom. The number of nitrogens with one attached hydrogen (secondary N) is 1. The number of rotatable bonds is 7. The van der Waals surface area contributed by atoms with Crippen LogP contribution in [0.15, 0.2) is 90.3 Å². The first kappa shape index (κ1) is 21.3. The first-order valence-electron chi connectivity index (χ1n) is 9.50. The van der Waals surface area contributed by atoms with Crippen LogP contribution in [0.2, 0.25) is 0 Å². The van der Waals surface area contributed by atoms with Gasteiger partial charge in [-0.2, -0.15) is 0 Å². The molecule has 0 saturated carbocycles. The first-order chi connectivity index (χ1) is 14.3. The zero-order valence-electron chi connectivity index (χ0n) is 17.0. The molecule has 0 bridgehead atoms. The van der Waals surface area contributed by atoms with Gasteiger partial charge in [-0.15, -0.1) is 6.58 Å². The van der Waals surface area contributed by atoms with Crippen LogP contribution in [0, 0.1) is 13.8 Å². The van der Waals surface area contributed by atoms with Gasteiger partial charge >= 0.3 is 0 Å². The third-order valence-corrected chi connectivity index (χ3v) is 6.44. The van der Waals surface area contributed by atoms with Gasteiger partial charge in [-0.1, -0.05) is 48.0 Å². The fraction of sp³-hybridized carbons (Fsp3) is 0.125. The molecule has 0 spiro atoms. The van der Waals surface area contributed by atoms with Crippen LogP contribution in [0.3, 0.4) is 0 Å². The summed E-state index contributed by atoms with van der Waals surface area (Å²) in [5.74, 6) is -0.367. The molecular weight excluding hydrogens is 396 g/mol. The van der Waals surface area contributed by atoms with Crippen LogP contribution in [0.5, 0.6) is 0 Å². The lowest BCUT2D eigenvalue weighted by molar-refractivity contribution is 0.102. The van der Waals surface area contributed by atoms with E-state index in [2.05, 4.69) is 11.9 Å². The van der Waals surface area contributed by atoms with Crippen molar-refractivity contribution in [3.8, 4) is 0 Å². The van der Waals surface area contributed by atoms with Crippen molar-refractivity contribution < 1.29 is 13.2 Å². The quantitative estimate of drug-likeness (QED) is 0.551. The average Bonchev–Trinajstić information content (AvgIpc) is 2.74. The summed E-state index contributed by atoms with van der Waals surface area (Å²) in [5, 5.41) is 2.85. The molecule has 3 aromatic carbocycles. The van der Waals surface area contributed by atoms with Crippen molar-refractivity contribution >= 4 is 27.3 Å². The van der Waals surface area contributed by atoms with Crippen LogP contribution < -0.4 is 9.62 Å². The summed E-state index contributed by atoms with van der Waals surface area (Å²) in [6.07, 6.45) is 1.53. The van der Waals surface area contributed by atoms with Gasteiger partial charge in [0.25, 0.3) is 15.9 Å². The van der Waals surface area contributed by atoms with E-state index in [9.17, 15) is 13.2 Å². The Labute approximate surface area is 177 Å². The number of sulfonamides is 1. The highest BCUT2D eigenvalue weighted by atomic mass is 32.2. The van der Waals surface area contributed by atoms with Crippen molar-refractivity contribution in [1.82, 2.24) is 0 Å². The molecule has 0 radical (unpaired) electrons. The van der Waals surface area contributed by atoms with Crippen molar-refractivity contribution in [2.45, 2.75) is 18.7 Å². The number of carbonyl (C=O) groups is 1. The third-order valence-electron chi connectivity index (χ3n) is 4.65. The van der Waals surface area contributed by atoms with Gasteiger partial charge in [0.15, 0.2) is 0 Å². The SMILES string of the molecule is C=CCN(c1ccccc1)S(=O)(=O)c1cccc(C(=O)Nc2ccc(C)cc2C)c1. The van der Waals surface area contributed by atoms with E-state index in [4.69, 9.17) is 0 Å². The second-order valence-electron chi connectivity index (χ2n) is 6.96. The van der Waals surface area contributed by atoms with Crippen molar-refractivity contribution in [2.75, 3.05) is 16.2 Å². The first-order valence-corrected chi connectivity index (χ1v) is 10.9. The Morgan fingerprint density at radius 2 is 1.73 bits per heavy atom. The predicted molar refractivity (Wildman–Crippen MR) is 121 cm³/mol. The van der Waals surface area contributed by atoms with Crippen LogP contribution in [0.1, 0.15) is 21.5 Å². The number of anilines is 2. The summed E-state index contributed by atoms with van der Waals surface area (Å²) < 4.78 is 27.9. The standard InChI is InChI=1S/C24H24N2O3S/c1-4-15-26(21-10-6-5-7-11-21)30(28,29)22-12-8-9-20(17-22)24(27)25-23-14-13-18(2)16-19(23)3/h4-14,16-17H,1,15H2,2-3H3,(H,25,27). The molecule has 5 nitrogen and oxygen atoms in total. The molecule has 0 saturated heterocycles. The number of nitrogens with zero attached hydrogens (tertiary/aromatic N) is 1. The molecule has 0 aromatic heterocycles. The second-order valence-corrected chi connectivity index (χ2v) is 8.82. The van der Waals surface area contributed by atoms with Gasteiger partial charge in [0.2, 0.25) is 0 Å². The van der Waals surface area contributed by atoms with E-state index in [0.717, 1.165) is 11.1 Å². The largest absolute Gasteiger partial charge is 0.322 e. The Hall–Kier alpha value is -3.38. The fourth-order valence-electron chi connectivity index (χ4n) is 3.13. The molecule has 0 heterocycles. The highest BCUT2D eigenvalue weighted by molar-refractivity contribution is 7.92. The topological polar surface area (TPSA) is 66.5 Å². The van der Waals surface area contributed by atoms with Crippen LogP contribution in [-0.2, 0) is 10.0 Å². The van der Waals surface area contributed by atoms with Crippen molar-refractivity contribution in [1.29, 1.82) is 0 Å². The molecule has 0 fully saturated rings.